The Morgan fingerprint density at radius 2 is 1.54 bits per heavy atom. The normalized spacial score (nSPS) is 11.9. The maximum absolute atomic E-state index is 13.4. The lowest BCUT2D eigenvalue weighted by atomic mass is 10.1. The number of rotatable bonds is 9. The van der Waals surface area contributed by atoms with E-state index in [9.17, 15) is 14.4 Å². The quantitative estimate of drug-likeness (QED) is 0.141. The summed E-state index contributed by atoms with van der Waals surface area (Å²) in [6, 6.07) is 28.9. The molecule has 0 heterocycles. The number of aryl methyl sites for hydroxylation is 2. The van der Waals surface area contributed by atoms with Gasteiger partial charge in [0.15, 0.2) is 0 Å². The topological polar surface area (TPSA) is 87.3 Å². The second kappa shape index (κ2) is 13.8. The van der Waals surface area contributed by atoms with Gasteiger partial charge in [0.25, 0.3) is 11.8 Å². The lowest BCUT2D eigenvalue weighted by Crippen LogP contribution is -2.30. The van der Waals surface area contributed by atoms with Gasteiger partial charge in [0, 0.05) is 26.9 Å². The molecular weight excluding hydrogens is 554 g/mol. The molecule has 0 aliphatic carbocycles. The number of carbonyl (C=O) groups is 3. The molecule has 0 radical (unpaired) electrons. The van der Waals surface area contributed by atoms with Crippen molar-refractivity contribution in [2.75, 3.05) is 10.6 Å². The summed E-state index contributed by atoms with van der Waals surface area (Å²) in [5, 5.41) is 8.71. The van der Waals surface area contributed by atoms with Crippen LogP contribution in [0.5, 0.6) is 0 Å². The standard InChI is InChI=1S/C33H30ClN3O3S/c1-21-10-7-8-13-25(21)18-30(37-32(39)24-11-5-4-6-12-24)33(40)35-27-14-9-15-28(20-27)41-23(3)31(38)36-29-19-26(34)17-16-22(29)2/h4-20,23H,1-3H3,(H,35,40)(H,36,38)(H,37,39)/b30-18-. The number of amides is 3. The molecule has 3 amide bonds. The van der Waals surface area contributed by atoms with Crippen LogP contribution < -0.4 is 16.0 Å². The Kier molecular flexibility index (Phi) is 10.0. The number of benzene rings is 4. The van der Waals surface area contributed by atoms with Gasteiger partial charge >= 0.3 is 0 Å². The molecule has 4 rings (SSSR count). The zero-order valence-corrected chi connectivity index (χ0v) is 24.5. The van der Waals surface area contributed by atoms with Crippen molar-refractivity contribution in [2.45, 2.75) is 30.9 Å². The highest BCUT2D eigenvalue weighted by molar-refractivity contribution is 8.00. The van der Waals surface area contributed by atoms with Crippen LogP contribution in [0.25, 0.3) is 6.08 Å². The van der Waals surface area contributed by atoms with E-state index in [-0.39, 0.29) is 17.5 Å². The number of halogens is 1. The van der Waals surface area contributed by atoms with E-state index in [1.54, 1.807) is 60.7 Å². The first-order valence-electron chi connectivity index (χ1n) is 13.0. The van der Waals surface area contributed by atoms with Crippen LogP contribution in [-0.4, -0.2) is 23.0 Å². The first kappa shape index (κ1) is 29.6. The highest BCUT2D eigenvalue weighted by Crippen LogP contribution is 2.28. The fourth-order valence-corrected chi connectivity index (χ4v) is 5.01. The molecular formula is C33H30ClN3O3S. The average molecular weight is 584 g/mol. The molecule has 0 spiro atoms. The van der Waals surface area contributed by atoms with Crippen LogP contribution in [-0.2, 0) is 9.59 Å². The minimum absolute atomic E-state index is 0.107. The summed E-state index contributed by atoms with van der Waals surface area (Å²) in [5.74, 6) is -1.02. The van der Waals surface area contributed by atoms with Crippen molar-refractivity contribution in [2.24, 2.45) is 0 Å². The van der Waals surface area contributed by atoms with Gasteiger partial charge in [-0.2, -0.15) is 0 Å². The molecule has 0 saturated carbocycles. The molecule has 0 fully saturated rings. The molecule has 41 heavy (non-hydrogen) atoms. The maximum Gasteiger partial charge on any atom is 0.272 e. The van der Waals surface area contributed by atoms with Crippen molar-refractivity contribution < 1.29 is 14.4 Å². The van der Waals surface area contributed by atoms with Crippen molar-refractivity contribution in [3.05, 3.63) is 130 Å². The first-order chi connectivity index (χ1) is 19.7. The van der Waals surface area contributed by atoms with E-state index in [1.165, 1.54) is 11.8 Å². The third-order valence-corrected chi connectivity index (χ3v) is 7.58. The van der Waals surface area contributed by atoms with Crippen molar-refractivity contribution in [3.8, 4) is 0 Å². The average Bonchev–Trinajstić information content (AvgIpc) is 2.96. The van der Waals surface area contributed by atoms with Crippen LogP contribution in [0.3, 0.4) is 0 Å². The van der Waals surface area contributed by atoms with E-state index in [4.69, 9.17) is 11.6 Å². The summed E-state index contributed by atoms with van der Waals surface area (Å²) in [4.78, 5) is 40.0. The van der Waals surface area contributed by atoms with Gasteiger partial charge in [0.2, 0.25) is 5.91 Å². The highest BCUT2D eigenvalue weighted by Gasteiger charge is 2.18. The van der Waals surface area contributed by atoms with Crippen molar-refractivity contribution >= 4 is 58.5 Å². The summed E-state index contributed by atoms with van der Waals surface area (Å²) < 4.78 is 0. The van der Waals surface area contributed by atoms with Crippen molar-refractivity contribution in [1.82, 2.24) is 5.32 Å². The predicted molar refractivity (Wildman–Crippen MR) is 168 cm³/mol. The summed E-state index contributed by atoms with van der Waals surface area (Å²) in [6.07, 6.45) is 1.66. The lowest BCUT2D eigenvalue weighted by molar-refractivity contribution is -0.115. The third kappa shape index (κ3) is 8.33. The Balaban J connectivity index is 1.49. The highest BCUT2D eigenvalue weighted by atomic mass is 35.5. The third-order valence-electron chi connectivity index (χ3n) is 6.25. The van der Waals surface area contributed by atoms with Gasteiger partial charge in [-0.05, 0) is 86.0 Å². The van der Waals surface area contributed by atoms with Crippen molar-refractivity contribution in [3.63, 3.8) is 0 Å². The van der Waals surface area contributed by atoms with Crippen LogP contribution >= 0.6 is 23.4 Å². The number of anilines is 2. The second-order valence-electron chi connectivity index (χ2n) is 9.43. The van der Waals surface area contributed by atoms with E-state index in [0.29, 0.717) is 22.0 Å². The Labute approximate surface area is 249 Å². The molecule has 208 valence electrons. The van der Waals surface area contributed by atoms with Crippen LogP contribution in [0.2, 0.25) is 5.02 Å². The van der Waals surface area contributed by atoms with Crippen LogP contribution in [0.15, 0.2) is 108 Å². The molecule has 8 heteroatoms. The SMILES string of the molecule is Cc1ccccc1/C=C(\NC(=O)c1ccccc1)C(=O)Nc1cccc(SC(C)C(=O)Nc2cc(Cl)ccc2C)c1. The minimum Gasteiger partial charge on any atom is -0.325 e. The molecule has 0 bridgehead atoms. The van der Waals surface area contributed by atoms with Gasteiger partial charge in [-0.15, -0.1) is 11.8 Å². The number of hydrogen-bond acceptors (Lipinski definition) is 4. The fourth-order valence-electron chi connectivity index (χ4n) is 3.91. The predicted octanol–water partition coefficient (Wildman–Crippen LogP) is 7.49. The van der Waals surface area contributed by atoms with Crippen molar-refractivity contribution in [1.29, 1.82) is 0 Å². The lowest BCUT2D eigenvalue weighted by Gasteiger charge is -2.15. The van der Waals surface area contributed by atoms with E-state index in [1.807, 2.05) is 63.2 Å². The number of carbonyl (C=O) groups excluding carboxylic acids is 3. The van der Waals surface area contributed by atoms with E-state index >= 15 is 0 Å². The largest absolute Gasteiger partial charge is 0.325 e. The van der Waals surface area contributed by atoms with Gasteiger partial charge in [0.1, 0.15) is 5.70 Å². The molecule has 1 unspecified atom stereocenters. The van der Waals surface area contributed by atoms with Gasteiger partial charge < -0.3 is 16.0 Å². The van der Waals surface area contributed by atoms with Gasteiger partial charge in [-0.25, -0.2) is 0 Å². The molecule has 3 N–H and O–H groups in total. The Morgan fingerprint density at radius 1 is 0.805 bits per heavy atom. The number of nitrogens with one attached hydrogen (secondary N) is 3. The molecule has 0 saturated heterocycles. The zero-order valence-electron chi connectivity index (χ0n) is 22.9. The smallest absolute Gasteiger partial charge is 0.272 e. The summed E-state index contributed by atoms with van der Waals surface area (Å²) in [7, 11) is 0. The minimum atomic E-state index is -0.470. The van der Waals surface area contributed by atoms with Gasteiger partial charge in [-0.1, -0.05) is 66.2 Å². The molecule has 4 aromatic carbocycles. The Morgan fingerprint density at radius 3 is 2.29 bits per heavy atom. The molecule has 0 aliphatic heterocycles. The second-order valence-corrected chi connectivity index (χ2v) is 11.3. The Hall–Kier alpha value is -4.33. The summed E-state index contributed by atoms with van der Waals surface area (Å²) in [5.41, 5.74) is 4.43. The van der Waals surface area contributed by atoms with Crippen LogP contribution in [0, 0.1) is 13.8 Å². The fraction of sp³-hybridized carbons (Fsp3) is 0.121. The summed E-state index contributed by atoms with van der Waals surface area (Å²) >= 11 is 7.45. The van der Waals surface area contributed by atoms with Gasteiger partial charge in [0.05, 0.1) is 5.25 Å². The maximum atomic E-state index is 13.4. The molecule has 1 atom stereocenters. The first-order valence-corrected chi connectivity index (χ1v) is 14.2. The summed E-state index contributed by atoms with van der Waals surface area (Å²) in [6.45, 7) is 5.65. The molecule has 0 aliphatic rings. The number of hydrogen-bond donors (Lipinski definition) is 3. The van der Waals surface area contributed by atoms with E-state index < -0.39 is 11.2 Å². The molecule has 6 nitrogen and oxygen atoms in total. The van der Waals surface area contributed by atoms with E-state index in [2.05, 4.69) is 16.0 Å². The Bertz CT molecular complexity index is 1600. The monoisotopic (exact) mass is 583 g/mol. The van der Waals surface area contributed by atoms with Crippen LogP contribution in [0.1, 0.15) is 34.0 Å². The molecule has 4 aromatic rings. The van der Waals surface area contributed by atoms with Gasteiger partial charge in [-0.3, -0.25) is 14.4 Å². The zero-order chi connectivity index (χ0) is 29.4. The van der Waals surface area contributed by atoms with Crippen LogP contribution in [0.4, 0.5) is 11.4 Å². The van der Waals surface area contributed by atoms with E-state index in [0.717, 1.165) is 21.6 Å². The molecule has 0 aromatic heterocycles. The number of thioether (sulfide) groups is 1.